The molecule has 1 unspecified atom stereocenters. The van der Waals surface area contributed by atoms with Gasteiger partial charge in [0.15, 0.2) is 0 Å². The van der Waals surface area contributed by atoms with Crippen LogP contribution < -0.4 is 0 Å². The van der Waals surface area contributed by atoms with Crippen LogP contribution in [0.1, 0.15) is 56.6 Å². The van der Waals surface area contributed by atoms with E-state index >= 15 is 0 Å². The van der Waals surface area contributed by atoms with Crippen LogP contribution in [0.4, 0.5) is 13.2 Å². The van der Waals surface area contributed by atoms with Crippen LogP contribution in [0.25, 0.3) is 0 Å². The summed E-state index contributed by atoms with van der Waals surface area (Å²) in [7, 11) is 0. The van der Waals surface area contributed by atoms with Crippen molar-refractivity contribution in [1.82, 2.24) is 4.90 Å². The molecule has 0 radical (unpaired) electrons. The molecule has 7 heteroatoms. The molecular weight excluding hydrogens is 359 g/mol. The first-order chi connectivity index (χ1) is 12.8. The van der Waals surface area contributed by atoms with E-state index in [1.807, 2.05) is 30.3 Å². The van der Waals surface area contributed by atoms with E-state index in [2.05, 4.69) is 0 Å². The molecule has 1 saturated heterocycles. The van der Waals surface area contributed by atoms with E-state index in [1.54, 1.807) is 0 Å². The molecule has 4 nitrogen and oxygen atoms in total. The second-order valence-electron chi connectivity index (χ2n) is 7.62. The maximum absolute atomic E-state index is 12.9. The standard InChI is InChI=1S/C20H24F3NO3/c21-20(22,23)15-8-6-13(7-9-15)12-18(25)24-16(10-11-17(24)19(26)27)14-4-2-1-3-5-14/h1-5,13,15-17H,6-12H2,(H,26,27)/t13?,15?,16-,17?/m0/s1. The summed E-state index contributed by atoms with van der Waals surface area (Å²) in [5.74, 6) is -2.67. The Hall–Kier alpha value is -2.05. The molecule has 1 aromatic rings. The summed E-state index contributed by atoms with van der Waals surface area (Å²) in [6.07, 6.45) is -2.27. The van der Waals surface area contributed by atoms with E-state index in [1.165, 1.54) is 4.90 Å². The van der Waals surface area contributed by atoms with Crippen LogP contribution in [0.15, 0.2) is 30.3 Å². The van der Waals surface area contributed by atoms with Crippen LogP contribution in [0.2, 0.25) is 0 Å². The number of aliphatic carboxylic acids is 1. The molecule has 1 saturated carbocycles. The van der Waals surface area contributed by atoms with Crippen molar-refractivity contribution in [3.8, 4) is 0 Å². The fourth-order valence-corrected chi connectivity index (χ4v) is 4.45. The molecule has 1 amide bonds. The second kappa shape index (κ2) is 7.90. The van der Waals surface area contributed by atoms with Crippen molar-refractivity contribution < 1.29 is 27.9 Å². The lowest BCUT2D eigenvalue weighted by Gasteiger charge is -2.33. The molecule has 1 aliphatic heterocycles. The van der Waals surface area contributed by atoms with E-state index in [-0.39, 0.29) is 37.1 Å². The minimum Gasteiger partial charge on any atom is -0.480 e. The molecule has 0 spiro atoms. The van der Waals surface area contributed by atoms with Crippen molar-refractivity contribution in [1.29, 1.82) is 0 Å². The minimum atomic E-state index is -4.17. The lowest BCUT2D eigenvalue weighted by atomic mass is 9.80. The number of nitrogens with zero attached hydrogens (tertiary/aromatic N) is 1. The van der Waals surface area contributed by atoms with Crippen molar-refractivity contribution >= 4 is 11.9 Å². The molecule has 148 valence electrons. The minimum absolute atomic E-state index is 0.0475. The number of carboxylic acid groups (broad SMARTS) is 1. The normalized spacial score (nSPS) is 28.9. The molecule has 1 aliphatic carbocycles. The maximum atomic E-state index is 12.9. The van der Waals surface area contributed by atoms with Gasteiger partial charge in [0, 0.05) is 6.42 Å². The zero-order valence-electron chi connectivity index (χ0n) is 15.0. The number of likely N-dealkylation sites (tertiary alicyclic amines) is 1. The highest BCUT2D eigenvalue weighted by molar-refractivity contribution is 5.85. The zero-order valence-corrected chi connectivity index (χ0v) is 15.0. The first-order valence-corrected chi connectivity index (χ1v) is 9.43. The van der Waals surface area contributed by atoms with Gasteiger partial charge in [-0.2, -0.15) is 13.2 Å². The Balaban J connectivity index is 1.68. The molecule has 1 N–H and O–H groups in total. The summed E-state index contributed by atoms with van der Waals surface area (Å²) in [4.78, 5) is 26.0. The topological polar surface area (TPSA) is 57.6 Å². The molecule has 2 atom stereocenters. The van der Waals surface area contributed by atoms with Gasteiger partial charge in [0.1, 0.15) is 6.04 Å². The average molecular weight is 383 g/mol. The Morgan fingerprint density at radius 1 is 1.00 bits per heavy atom. The first kappa shape index (κ1) is 19.7. The van der Waals surface area contributed by atoms with Gasteiger partial charge in [0.2, 0.25) is 5.91 Å². The second-order valence-corrected chi connectivity index (χ2v) is 7.62. The number of carbonyl (C=O) groups is 2. The van der Waals surface area contributed by atoms with Crippen LogP contribution in [-0.4, -0.2) is 34.1 Å². The van der Waals surface area contributed by atoms with Crippen molar-refractivity contribution in [2.75, 3.05) is 0 Å². The van der Waals surface area contributed by atoms with Gasteiger partial charge in [-0.05, 0) is 50.0 Å². The number of alkyl halides is 3. The summed E-state index contributed by atoms with van der Waals surface area (Å²) >= 11 is 0. The van der Waals surface area contributed by atoms with Crippen molar-refractivity contribution in [2.45, 2.75) is 63.2 Å². The van der Waals surface area contributed by atoms with Crippen LogP contribution in [-0.2, 0) is 9.59 Å². The van der Waals surface area contributed by atoms with E-state index < -0.39 is 24.1 Å². The number of carbonyl (C=O) groups excluding carboxylic acids is 1. The Morgan fingerprint density at radius 2 is 1.63 bits per heavy atom. The predicted octanol–water partition coefficient (Wildman–Crippen LogP) is 4.56. The Kier molecular flexibility index (Phi) is 5.77. The van der Waals surface area contributed by atoms with Crippen molar-refractivity contribution in [3.05, 3.63) is 35.9 Å². The van der Waals surface area contributed by atoms with E-state index in [4.69, 9.17) is 0 Å². The molecular formula is C20H24F3NO3. The monoisotopic (exact) mass is 383 g/mol. The molecule has 1 aromatic carbocycles. The molecule has 27 heavy (non-hydrogen) atoms. The van der Waals surface area contributed by atoms with Crippen molar-refractivity contribution in [3.63, 3.8) is 0 Å². The lowest BCUT2D eigenvalue weighted by molar-refractivity contribution is -0.184. The third-order valence-electron chi connectivity index (χ3n) is 5.92. The summed E-state index contributed by atoms with van der Waals surface area (Å²) in [6.45, 7) is 0. The van der Waals surface area contributed by atoms with Gasteiger partial charge in [-0.1, -0.05) is 30.3 Å². The molecule has 2 fully saturated rings. The number of carboxylic acids is 1. The number of benzene rings is 1. The van der Waals surface area contributed by atoms with E-state index in [0.29, 0.717) is 25.7 Å². The van der Waals surface area contributed by atoms with Gasteiger partial charge in [0.25, 0.3) is 0 Å². The highest BCUT2D eigenvalue weighted by atomic mass is 19.4. The highest BCUT2D eigenvalue weighted by Crippen LogP contribution is 2.42. The number of hydrogen-bond donors (Lipinski definition) is 1. The van der Waals surface area contributed by atoms with Gasteiger partial charge < -0.3 is 10.0 Å². The maximum Gasteiger partial charge on any atom is 0.391 e. The predicted molar refractivity (Wildman–Crippen MR) is 92.8 cm³/mol. The fourth-order valence-electron chi connectivity index (χ4n) is 4.45. The Morgan fingerprint density at radius 3 is 2.19 bits per heavy atom. The van der Waals surface area contributed by atoms with Gasteiger partial charge in [-0.3, -0.25) is 4.79 Å². The molecule has 0 aromatic heterocycles. The molecule has 1 heterocycles. The quantitative estimate of drug-likeness (QED) is 0.829. The van der Waals surface area contributed by atoms with Crippen molar-refractivity contribution in [2.24, 2.45) is 11.8 Å². The van der Waals surface area contributed by atoms with Crippen LogP contribution in [0.5, 0.6) is 0 Å². The summed E-state index contributed by atoms with van der Waals surface area (Å²) in [5, 5.41) is 9.51. The summed E-state index contributed by atoms with van der Waals surface area (Å²) in [5.41, 5.74) is 0.898. The number of hydrogen-bond acceptors (Lipinski definition) is 2. The Bertz CT molecular complexity index is 669. The van der Waals surface area contributed by atoms with Gasteiger partial charge >= 0.3 is 12.1 Å². The van der Waals surface area contributed by atoms with E-state index in [9.17, 15) is 27.9 Å². The van der Waals surface area contributed by atoms with E-state index in [0.717, 1.165) is 5.56 Å². The SMILES string of the molecule is O=C(O)C1CC[C@@H](c2ccccc2)N1C(=O)CC1CCC(C(F)(F)F)CC1. The third-order valence-corrected chi connectivity index (χ3v) is 5.92. The summed E-state index contributed by atoms with van der Waals surface area (Å²) in [6, 6.07) is 8.17. The van der Waals surface area contributed by atoms with Gasteiger partial charge in [0.05, 0.1) is 12.0 Å². The van der Waals surface area contributed by atoms with Crippen LogP contribution in [0, 0.1) is 11.8 Å². The fraction of sp³-hybridized carbons (Fsp3) is 0.600. The number of amides is 1. The molecule has 2 aliphatic rings. The smallest absolute Gasteiger partial charge is 0.391 e. The Labute approximate surface area is 156 Å². The molecule has 0 bridgehead atoms. The number of halogens is 3. The number of rotatable bonds is 4. The zero-order chi connectivity index (χ0) is 19.6. The van der Waals surface area contributed by atoms with Crippen LogP contribution >= 0.6 is 0 Å². The third kappa shape index (κ3) is 4.45. The summed E-state index contributed by atoms with van der Waals surface area (Å²) < 4.78 is 38.4. The first-order valence-electron chi connectivity index (χ1n) is 9.43. The highest BCUT2D eigenvalue weighted by Gasteiger charge is 2.44. The lowest BCUT2D eigenvalue weighted by Crippen LogP contribution is -2.42. The van der Waals surface area contributed by atoms with Gasteiger partial charge in [-0.15, -0.1) is 0 Å². The largest absolute Gasteiger partial charge is 0.480 e. The van der Waals surface area contributed by atoms with Crippen LogP contribution in [0.3, 0.4) is 0 Å². The van der Waals surface area contributed by atoms with Gasteiger partial charge in [-0.25, -0.2) is 4.79 Å². The average Bonchev–Trinajstić information content (AvgIpc) is 3.07. The molecule has 3 rings (SSSR count).